The molecule has 2 rings (SSSR count). The average molecular weight is 353 g/mol. The van der Waals surface area contributed by atoms with Gasteiger partial charge in [0, 0.05) is 19.1 Å². The van der Waals surface area contributed by atoms with Gasteiger partial charge in [0.2, 0.25) is 0 Å². The molecule has 0 radical (unpaired) electrons. The van der Waals surface area contributed by atoms with Gasteiger partial charge in [-0.2, -0.15) is 0 Å². The van der Waals surface area contributed by atoms with E-state index in [1.807, 2.05) is 0 Å². The lowest BCUT2D eigenvalue weighted by atomic mass is 10.1. The molecule has 7 nitrogen and oxygen atoms in total. The monoisotopic (exact) mass is 353 g/mol. The van der Waals surface area contributed by atoms with Gasteiger partial charge in [0.05, 0.1) is 13.2 Å². The van der Waals surface area contributed by atoms with Crippen LogP contribution in [0.5, 0.6) is 5.75 Å². The van der Waals surface area contributed by atoms with E-state index in [4.69, 9.17) is 9.47 Å². The molecule has 1 aromatic rings. The van der Waals surface area contributed by atoms with Gasteiger partial charge in [-0.25, -0.2) is 14.0 Å². The first kappa shape index (κ1) is 18.8. The molecular weight excluding hydrogens is 329 g/mol. The van der Waals surface area contributed by atoms with Crippen molar-refractivity contribution in [2.75, 3.05) is 32.8 Å². The Labute approximate surface area is 146 Å². The molecule has 0 atom stereocenters. The summed E-state index contributed by atoms with van der Waals surface area (Å²) < 4.78 is 23.6. The van der Waals surface area contributed by atoms with Crippen LogP contribution < -0.4 is 15.4 Å². The summed E-state index contributed by atoms with van der Waals surface area (Å²) in [4.78, 5) is 25.1. The lowest BCUT2D eigenvalue weighted by Crippen LogP contribution is -2.49. The molecule has 1 heterocycles. The van der Waals surface area contributed by atoms with Gasteiger partial charge in [-0.15, -0.1) is 0 Å². The van der Waals surface area contributed by atoms with Gasteiger partial charge < -0.3 is 25.0 Å². The van der Waals surface area contributed by atoms with Gasteiger partial charge in [-0.1, -0.05) is 12.1 Å². The third-order valence-electron chi connectivity index (χ3n) is 3.84. The normalized spacial score (nSPS) is 14.7. The summed E-state index contributed by atoms with van der Waals surface area (Å²) >= 11 is 0. The standard InChI is InChI=1S/C17H24FN3O4/c1-2-24-17(23)21-10-7-13(8-11-21)20-16(22)19-9-12-25-15-6-4-3-5-14(15)18/h3-6,13H,2,7-12H2,1H3,(H2,19,20,22). The van der Waals surface area contributed by atoms with E-state index in [2.05, 4.69) is 10.6 Å². The summed E-state index contributed by atoms with van der Waals surface area (Å²) in [7, 11) is 0. The minimum atomic E-state index is -0.430. The zero-order valence-electron chi connectivity index (χ0n) is 14.3. The van der Waals surface area contributed by atoms with Crippen LogP contribution in [-0.2, 0) is 4.74 Å². The molecule has 0 aliphatic carbocycles. The van der Waals surface area contributed by atoms with Gasteiger partial charge in [-0.05, 0) is 31.9 Å². The third-order valence-corrected chi connectivity index (χ3v) is 3.84. The molecule has 8 heteroatoms. The molecule has 138 valence electrons. The Morgan fingerprint density at radius 2 is 2.00 bits per heavy atom. The Hall–Kier alpha value is -2.51. The van der Waals surface area contributed by atoms with Crippen LogP contribution in [0.3, 0.4) is 0 Å². The SMILES string of the molecule is CCOC(=O)N1CCC(NC(=O)NCCOc2ccccc2F)CC1. The van der Waals surface area contributed by atoms with E-state index in [0.717, 1.165) is 0 Å². The molecule has 0 bridgehead atoms. The fourth-order valence-electron chi connectivity index (χ4n) is 2.54. The maximum Gasteiger partial charge on any atom is 0.409 e. The number of carbonyl (C=O) groups is 2. The Bertz CT molecular complexity index is 577. The first-order valence-corrected chi connectivity index (χ1v) is 8.43. The van der Waals surface area contributed by atoms with Crippen molar-refractivity contribution in [3.05, 3.63) is 30.1 Å². The fraction of sp³-hybridized carbons (Fsp3) is 0.529. The number of hydrogen-bond acceptors (Lipinski definition) is 4. The summed E-state index contributed by atoms with van der Waals surface area (Å²) in [6.45, 7) is 3.68. The molecule has 0 spiro atoms. The number of amides is 3. The van der Waals surface area contributed by atoms with E-state index in [9.17, 15) is 14.0 Å². The summed E-state index contributed by atoms with van der Waals surface area (Å²) in [5, 5.41) is 5.53. The predicted octanol–water partition coefficient (Wildman–Crippen LogP) is 2.12. The Kier molecular flexibility index (Phi) is 7.31. The summed E-state index contributed by atoms with van der Waals surface area (Å²) in [5.41, 5.74) is 0. The van der Waals surface area contributed by atoms with Crippen molar-refractivity contribution >= 4 is 12.1 Å². The van der Waals surface area contributed by atoms with Crippen LogP contribution in [0.25, 0.3) is 0 Å². The number of urea groups is 1. The van der Waals surface area contributed by atoms with Crippen molar-refractivity contribution in [1.29, 1.82) is 0 Å². The third kappa shape index (κ3) is 6.13. The quantitative estimate of drug-likeness (QED) is 0.768. The van der Waals surface area contributed by atoms with Crippen LogP contribution in [0.15, 0.2) is 24.3 Å². The molecule has 0 unspecified atom stereocenters. The second-order valence-corrected chi connectivity index (χ2v) is 5.64. The number of ether oxygens (including phenoxy) is 2. The Morgan fingerprint density at radius 1 is 1.28 bits per heavy atom. The Morgan fingerprint density at radius 3 is 2.68 bits per heavy atom. The molecule has 1 aliphatic heterocycles. The number of piperidine rings is 1. The van der Waals surface area contributed by atoms with Crippen molar-refractivity contribution in [3.63, 3.8) is 0 Å². The lowest BCUT2D eigenvalue weighted by Gasteiger charge is -2.31. The van der Waals surface area contributed by atoms with Crippen LogP contribution in [-0.4, -0.2) is 55.9 Å². The molecular formula is C17H24FN3O4. The Balaban J connectivity index is 1.60. The number of hydrogen-bond donors (Lipinski definition) is 2. The van der Waals surface area contributed by atoms with Crippen molar-refractivity contribution in [1.82, 2.24) is 15.5 Å². The van der Waals surface area contributed by atoms with Crippen molar-refractivity contribution in [3.8, 4) is 5.75 Å². The molecule has 0 saturated carbocycles. The van der Waals surface area contributed by atoms with Crippen molar-refractivity contribution in [2.45, 2.75) is 25.8 Å². The maximum atomic E-state index is 13.4. The number of nitrogens with one attached hydrogen (secondary N) is 2. The largest absolute Gasteiger partial charge is 0.489 e. The van der Waals surface area contributed by atoms with E-state index in [1.165, 1.54) is 12.1 Å². The topological polar surface area (TPSA) is 79.9 Å². The highest BCUT2D eigenvalue weighted by atomic mass is 19.1. The molecule has 1 aliphatic rings. The summed E-state index contributed by atoms with van der Waals surface area (Å²) in [6.07, 6.45) is 1.05. The van der Waals surface area contributed by atoms with Crippen molar-refractivity contribution in [2.24, 2.45) is 0 Å². The smallest absolute Gasteiger partial charge is 0.409 e. The molecule has 1 fully saturated rings. The number of likely N-dealkylation sites (tertiary alicyclic amines) is 1. The zero-order chi connectivity index (χ0) is 18.1. The number of nitrogens with zero attached hydrogens (tertiary/aromatic N) is 1. The fourth-order valence-corrected chi connectivity index (χ4v) is 2.54. The summed E-state index contributed by atoms with van der Waals surface area (Å²) in [6, 6.07) is 5.83. The van der Waals surface area contributed by atoms with Crippen LogP contribution in [0.4, 0.5) is 14.0 Å². The second kappa shape index (κ2) is 9.71. The highest BCUT2D eigenvalue weighted by molar-refractivity contribution is 5.74. The maximum absolute atomic E-state index is 13.4. The van der Waals surface area contributed by atoms with Gasteiger partial charge in [0.1, 0.15) is 6.61 Å². The van der Waals surface area contributed by atoms with E-state index < -0.39 is 5.82 Å². The minimum Gasteiger partial charge on any atom is -0.489 e. The minimum absolute atomic E-state index is 0.0122. The molecule has 1 saturated heterocycles. The van der Waals surface area contributed by atoms with Crippen LogP contribution in [0.2, 0.25) is 0 Å². The highest BCUT2D eigenvalue weighted by Crippen LogP contribution is 2.14. The lowest BCUT2D eigenvalue weighted by molar-refractivity contribution is 0.0957. The van der Waals surface area contributed by atoms with E-state index in [-0.39, 0.29) is 37.1 Å². The predicted molar refractivity (Wildman–Crippen MR) is 90.0 cm³/mol. The molecule has 0 aromatic heterocycles. The van der Waals surface area contributed by atoms with Gasteiger partial charge >= 0.3 is 12.1 Å². The zero-order valence-corrected chi connectivity index (χ0v) is 14.3. The number of halogens is 1. The van der Waals surface area contributed by atoms with Crippen LogP contribution in [0, 0.1) is 5.82 Å². The summed E-state index contributed by atoms with van der Waals surface area (Å²) in [5.74, 6) is -0.267. The molecule has 25 heavy (non-hydrogen) atoms. The molecule has 2 N–H and O–H groups in total. The van der Waals surface area contributed by atoms with Gasteiger partial charge in [-0.3, -0.25) is 0 Å². The number of benzene rings is 1. The first-order chi connectivity index (χ1) is 12.1. The van der Waals surface area contributed by atoms with E-state index >= 15 is 0 Å². The number of para-hydroxylation sites is 1. The van der Waals surface area contributed by atoms with Crippen molar-refractivity contribution < 1.29 is 23.5 Å². The second-order valence-electron chi connectivity index (χ2n) is 5.64. The molecule has 3 amide bonds. The first-order valence-electron chi connectivity index (χ1n) is 8.43. The van der Waals surface area contributed by atoms with Crippen LogP contribution >= 0.6 is 0 Å². The molecule has 1 aromatic carbocycles. The highest BCUT2D eigenvalue weighted by Gasteiger charge is 2.24. The number of rotatable bonds is 6. The van der Waals surface area contributed by atoms with Crippen LogP contribution in [0.1, 0.15) is 19.8 Å². The van der Waals surface area contributed by atoms with E-state index in [0.29, 0.717) is 32.5 Å². The van der Waals surface area contributed by atoms with Gasteiger partial charge in [0.15, 0.2) is 11.6 Å². The van der Waals surface area contributed by atoms with Gasteiger partial charge in [0.25, 0.3) is 0 Å². The van der Waals surface area contributed by atoms with E-state index in [1.54, 1.807) is 24.0 Å². The number of carbonyl (C=O) groups excluding carboxylic acids is 2. The average Bonchev–Trinajstić information content (AvgIpc) is 2.61.